The van der Waals surface area contributed by atoms with Crippen LogP contribution in [-0.4, -0.2) is 27.2 Å². The highest BCUT2D eigenvalue weighted by atomic mass is 35.5. The fourth-order valence-corrected chi connectivity index (χ4v) is 4.00. The fraction of sp³-hybridized carbons (Fsp3) is 0.600. The van der Waals surface area contributed by atoms with Crippen molar-refractivity contribution in [2.24, 2.45) is 5.41 Å². The molecule has 1 heterocycles. The molecule has 1 aromatic carbocycles. The zero-order valence-corrected chi connectivity index (χ0v) is 20.2. The van der Waals surface area contributed by atoms with Gasteiger partial charge in [0.25, 0.3) is 0 Å². The van der Waals surface area contributed by atoms with Crippen molar-refractivity contribution in [2.45, 2.75) is 85.6 Å². The van der Waals surface area contributed by atoms with Gasteiger partial charge in [0.1, 0.15) is 11.6 Å². The maximum Gasteiger partial charge on any atom is 0.309 e. The number of halogens is 1. The van der Waals surface area contributed by atoms with E-state index >= 15 is 0 Å². The van der Waals surface area contributed by atoms with Gasteiger partial charge in [-0.25, -0.2) is 4.98 Å². The average molecular weight is 449 g/mol. The molecular weight excluding hydrogens is 412 g/mol. The molecule has 31 heavy (non-hydrogen) atoms. The molecule has 5 nitrogen and oxygen atoms in total. The van der Waals surface area contributed by atoms with E-state index in [4.69, 9.17) is 16.3 Å². The molecule has 1 N–H and O–H groups in total. The molecule has 0 saturated heterocycles. The van der Waals surface area contributed by atoms with Crippen molar-refractivity contribution in [3.05, 3.63) is 46.5 Å². The van der Waals surface area contributed by atoms with E-state index in [9.17, 15) is 9.90 Å². The molecule has 1 atom stereocenters. The SMILES string of the molecule is CCCCCOc1ccc(Cn2c(CC(C)(CCCCC)C(=O)O)cnc2C)c(Cl)c1. The second-order valence-corrected chi connectivity index (χ2v) is 9.10. The molecule has 0 bridgehead atoms. The minimum absolute atomic E-state index is 0.448. The first kappa shape index (κ1) is 25.3. The van der Waals surface area contributed by atoms with Gasteiger partial charge in [0.05, 0.1) is 18.6 Å². The number of hydrogen-bond acceptors (Lipinski definition) is 3. The van der Waals surface area contributed by atoms with Gasteiger partial charge in [-0.2, -0.15) is 0 Å². The smallest absolute Gasteiger partial charge is 0.309 e. The lowest BCUT2D eigenvalue weighted by molar-refractivity contribution is -0.148. The van der Waals surface area contributed by atoms with Gasteiger partial charge in [-0.3, -0.25) is 4.79 Å². The van der Waals surface area contributed by atoms with Crippen LogP contribution in [0.25, 0.3) is 0 Å². The number of carboxylic acids is 1. The molecule has 0 radical (unpaired) electrons. The largest absolute Gasteiger partial charge is 0.494 e. The molecule has 172 valence electrons. The summed E-state index contributed by atoms with van der Waals surface area (Å²) in [5.74, 6) is 0.880. The Morgan fingerprint density at radius 2 is 1.90 bits per heavy atom. The summed E-state index contributed by atoms with van der Waals surface area (Å²) >= 11 is 6.55. The summed E-state index contributed by atoms with van der Waals surface area (Å²) in [6.07, 6.45) is 9.29. The summed E-state index contributed by atoms with van der Waals surface area (Å²) in [5.41, 5.74) is 1.09. The van der Waals surface area contributed by atoms with Crippen molar-refractivity contribution in [1.29, 1.82) is 0 Å². The topological polar surface area (TPSA) is 64.3 Å². The van der Waals surface area contributed by atoms with Gasteiger partial charge >= 0.3 is 5.97 Å². The third-order valence-corrected chi connectivity index (χ3v) is 6.28. The summed E-state index contributed by atoms with van der Waals surface area (Å²) in [4.78, 5) is 16.5. The number of rotatable bonds is 14. The molecule has 2 rings (SSSR count). The Kier molecular flexibility index (Phi) is 9.89. The van der Waals surface area contributed by atoms with Crippen molar-refractivity contribution in [3.63, 3.8) is 0 Å². The van der Waals surface area contributed by atoms with Crippen LogP contribution >= 0.6 is 11.6 Å². The minimum atomic E-state index is -0.806. The third kappa shape index (κ3) is 7.27. The fourth-order valence-electron chi connectivity index (χ4n) is 3.77. The molecule has 0 aliphatic carbocycles. The van der Waals surface area contributed by atoms with Crippen molar-refractivity contribution in [2.75, 3.05) is 6.61 Å². The first-order valence-corrected chi connectivity index (χ1v) is 11.8. The number of ether oxygens (including phenoxy) is 1. The number of aryl methyl sites for hydroxylation is 1. The number of carboxylic acid groups (broad SMARTS) is 1. The average Bonchev–Trinajstić information content (AvgIpc) is 3.06. The number of imidazole rings is 1. The first-order chi connectivity index (χ1) is 14.8. The van der Waals surface area contributed by atoms with Crippen LogP contribution in [0, 0.1) is 12.3 Å². The van der Waals surface area contributed by atoms with Gasteiger partial charge in [0.15, 0.2) is 0 Å². The van der Waals surface area contributed by atoms with Gasteiger partial charge in [-0.05, 0) is 44.4 Å². The molecule has 6 heteroatoms. The summed E-state index contributed by atoms with van der Waals surface area (Å²) < 4.78 is 7.87. The highest BCUT2D eigenvalue weighted by Crippen LogP contribution is 2.31. The summed E-state index contributed by atoms with van der Waals surface area (Å²) in [7, 11) is 0. The van der Waals surface area contributed by atoms with Crippen LogP contribution in [0.3, 0.4) is 0 Å². The lowest BCUT2D eigenvalue weighted by atomic mass is 9.80. The minimum Gasteiger partial charge on any atom is -0.494 e. The Labute approximate surface area is 191 Å². The zero-order chi connectivity index (χ0) is 22.9. The number of benzene rings is 1. The van der Waals surface area contributed by atoms with E-state index < -0.39 is 11.4 Å². The second-order valence-electron chi connectivity index (χ2n) is 8.69. The first-order valence-electron chi connectivity index (χ1n) is 11.5. The number of unbranched alkanes of at least 4 members (excludes halogenated alkanes) is 4. The van der Waals surface area contributed by atoms with Crippen molar-refractivity contribution in [1.82, 2.24) is 9.55 Å². The van der Waals surface area contributed by atoms with Crippen molar-refractivity contribution >= 4 is 17.6 Å². The number of aliphatic carboxylic acids is 1. The van der Waals surface area contributed by atoms with Crippen LogP contribution in [0.2, 0.25) is 5.02 Å². The molecule has 0 aliphatic rings. The van der Waals surface area contributed by atoms with Crippen molar-refractivity contribution < 1.29 is 14.6 Å². The maximum absolute atomic E-state index is 12.1. The van der Waals surface area contributed by atoms with Gasteiger partial charge < -0.3 is 14.4 Å². The normalized spacial score (nSPS) is 13.2. The molecule has 1 unspecified atom stereocenters. The van der Waals surface area contributed by atoms with Crippen LogP contribution < -0.4 is 4.74 Å². The summed E-state index contributed by atoms with van der Waals surface area (Å²) in [5, 5.41) is 10.5. The molecule has 0 fully saturated rings. The van der Waals surface area contributed by atoms with E-state index in [0.717, 1.165) is 61.4 Å². The molecule has 0 aliphatic heterocycles. The van der Waals surface area contributed by atoms with Crippen LogP contribution in [0.4, 0.5) is 0 Å². The summed E-state index contributed by atoms with van der Waals surface area (Å²) in [6.45, 7) is 9.33. The maximum atomic E-state index is 12.1. The number of nitrogens with zero attached hydrogens (tertiary/aromatic N) is 2. The Balaban J connectivity index is 2.14. The van der Waals surface area contributed by atoms with Crippen LogP contribution in [0.1, 0.15) is 82.8 Å². The third-order valence-electron chi connectivity index (χ3n) is 5.93. The number of hydrogen-bond donors (Lipinski definition) is 1. The van der Waals surface area contributed by atoms with E-state index in [1.54, 1.807) is 6.20 Å². The predicted molar refractivity (Wildman–Crippen MR) is 126 cm³/mol. The van der Waals surface area contributed by atoms with Crippen LogP contribution in [-0.2, 0) is 17.8 Å². The van der Waals surface area contributed by atoms with E-state index in [1.165, 1.54) is 0 Å². The number of carbonyl (C=O) groups is 1. The second kappa shape index (κ2) is 12.1. The molecule has 2 aromatic rings. The van der Waals surface area contributed by atoms with E-state index in [2.05, 4.69) is 23.4 Å². The van der Waals surface area contributed by atoms with Crippen LogP contribution in [0.5, 0.6) is 5.75 Å². The molecule has 0 saturated carbocycles. The monoisotopic (exact) mass is 448 g/mol. The highest BCUT2D eigenvalue weighted by molar-refractivity contribution is 6.31. The van der Waals surface area contributed by atoms with E-state index in [0.29, 0.717) is 31.0 Å². The Morgan fingerprint density at radius 1 is 1.19 bits per heavy atom. The van der Waals surface area contributed by atoms with Gasteiger partial charge in [-0.15, -0.1) is 0 Å². The molecule has 0 spiro atoms. The quantitative estimate of drug-likeness (QED) is 0.327. The molecule has 1 aromatic heterocycles. The zero-order valence-electron chi connectivity index (χ0n) is 19.4. The Morgan fingerprint density at radius 3 is 2.55 bits per heavy atom. The Bertz CT molecular complexity index is 849. The van der Waals surface area contributed by atoms with E-state index in [1.807, 2.05) is 32.0 Å². The van der Waals surface area contributed by atoms with Gasteiger partial charge in [0, 0.05) is 23.3 Å². The van der Waals surface area contributed by atoms with Gasteiger partial charge in [-0.1, -0.05) is 63.6 Å². The Hall–Kier alpha value is -2.01. The molecule has 0 amide bonds. The van der Waals surface area contributed by atoms with Crippen molar-refractivity contribution in [3.8, 4) is 5.75 Å². The van der Waals surface area contributed by atoms with Gasteiger partial charge in [0.2, 0.25) is 0 Å². The standard InChI is InChI=1S/C25H37ClN2O3/c1-5-7-9-13-25(4,24(29)30)16-21-17-27-19(3)28(21)18-20-11-12-22(15-23(20)26)31-14-10-8-6-2/h11-12,15,17H,5-10,13-14,16,18H2,1-4H3,(H,29,30). The van der Waals surface area contributed by atoms with E-state index in [-0.39, 0.29) is 0 Å². The molecular formula is C25H37ClN2O3. The van der Waals surface area contributed by atoms with Crippen LogP contribution in [0.15, 0.2) is 24.4 Å². The highest BCUT2D eigenvalue weighted by Gasteiger charge is 2.34. The lowest BCUT2D eigenvalue weighted by Crippen LogP contribution is -2.31. The predicted octanol–water partition coefficient (Wildman–Crippen LogP) is 6.68. The number of aromatic nitrogens is 2. The lowest BCUT2D eigenvalue weighted by Gasteiger charge is -2.25. The summed E-state index contributed by atoms with van der Waals surface area (Å²) in [6, 6.07) is 5.80.